The molecule has 1 aromatic carbocycles. The summed E-state index contributed by atoms with van der Waals surface area (Å²) in [6, 6.07) is 6.21. The molecule has 1 rings (SSSR count). The highest BCUT2D eigenvalue weighted by Gasteiger charge is 2.05. The van der Waals surface area contributed by atoms with E-state index in [0.717, 1.165) is 30.1 Å². The number of nitrogens with zero attached hydrogens (tertiary/aromatic N) is 1. The fraction of sp³-hybridized carbons (Fsp3) is 0.500. The molecule has 2 N–H and O–H groups in total. The molecule has 0 amide bonds. The lowest BCUT2D eigenvalue weighted by Crippen LogP contribution is -2.21. The second kappa shape index (κ2) is 5.99. The predicted octanol–water partition coefficient (Wildman–Crippen LogP) is 2.69. The lowest BCUT2D eigenvalue weighted by molar-refractivity contribution is 0.865. The van der Waals surface area contributed by atoms with Gasteiger partial charge in [-0.25, -0.2) is 0 Å². The SMILES string of the molecule is CCN(CC)c1ccc(CCN)c(Cl)c1. The summed E-state index contributed by atoms with van der Waals surface area (Å²) < 4.78 is 0. The molecule has 0 aliphatic heterocycles. The van der Waals surface area contributed by atoms with E-state index in [1.807, 2.05) is 6.07 Å². The van der Waals surface area contributed by atoms with Crippen LogP contribution in [0.2, 0.25) is 5.02 Å². The van der Waals surface area contributed by atoms with Crippen molar-refractivity contribution >= 4 is 17.3 Å². The summed E-state index contributed by atoms with van der Waals surface area (Å²) in [6.45, 7) is 6.94. The summed E-state index contributed by atoms with van der Waals surface area (Å²) >= 11 is 6.18. The Hall–Kier alpha value is -0.730. The van der Waals surface area contributed by atoms with Crippen LogP contribution in [-0.2, 0) is 6.42 Å². The number of rotatable bonds is 5. The van der Waals surface area contributed by atoms with Crippen molar-refractivity contribution in [2.45, 2.75) is 20.3 Å². The Bertz CT molecular complexity index is 308. The van der Waals surface area contributed by atoms with Crippen molar-refractivity contribution in [1.29, 1.82) is 0 Å². The monoisotopic (exact) mass is 226 g/mol. The zero-order chi connectivity index (χ0) is 11.3. The highest BCUT2D eigenvalue weighted by atomic mass is 35.5. The van der Waals surface area contributed by atoms with E-state index < -0.39 is 0 Å². The van der Waals surface area contributed by atoms with E-state index in [2.05, 4.69) is 30.9 Å². The highest BCUT2D eigenvalue weighted by Crippen LogP contribution is 2.23. The maximum absolute atomic E-state index is 6.18. The molecule has 2 nitrogen and oxygen atoms in total. The molecule has 0 saturated carbocycles. The molecule has 0 aliphatic carbocycles. The third-order valence-corrected chi connectivity index (χ3v) is 2.93. The van der Waals surface area contributed by atoms with E-state index in [4.69, 9.17) is 17.3 Å². The summed E-state index contributed by atoms with van der Waals surface area (Å²) in [5, 5.41) is 0.824. The van der Waals surface area contributed by atoms with Gasteiger partial charge in [0.05, 0.1) is 0 Å². The molecule has 0 heterocycles. The van der Waals surface area contributed by atoms with E-state index in [9.17, 15) is 0 Å². The molecule has 0 aromatic heterocycles. The average molecular weight is 227 g/mol. The first kappa shape index (κ1) is 12.3. The topological polar surface area (TPSA) is 29.3 Å². The third-order valence-electron chi connectivity index (χ3n) is 2.58. The van der Waals surface area contributed by atoms with Crippen molar-refractivity contribution in [2.75, 3.05) is 24.5 Å². The van der Waals surface area contributed by atoms with Crippen molar-refractivity contribution in [3.05, 3.63) is 28.8 Å². The molecule has 15 heavy (non-hydrogen) atoms. The molecule has 84 valence electrons. The van der Waals surface area contributed by atoms with Gasteiger partial charge in [0, 0.05) is 23.8 Å². The van der Waals surface area contributed by atoms with E-state index in [-0.39, 0.29) is 0 Å². The van der Waals surface area contributed by atoms with Crippen molar-refractivity contribution in [2.24, 2.45) is 5.73 Å². The fourth-order valence-electron chi connectivity index (χ4n) is 1.68. The standard InChI is InChI=1S/C12H19ClN2/c1-3-15(4-2)11-6-5-10(7-8-14)12(13)9-11/h5-6,9H,3-4,7-8,14H2,1-2H3. The molecule has 0 spiro atoms. The Morgan fingerprint density at radius 2 is 1.93 bits per heavy atom. The Kier molecular flexibility index (Phi) is 4.92. The number of benzene rings is 1. The van der Waals surface area contributed by atoms with Gasteiger partial charge in [0.25, 0.3) is 0 Å². The Morgan fingerprint density at radius 1 is 1.27 bits per heavy atom. The van der Waals surface area contributed by atoms with Crippen LogP contribution in [0.25, 0.3) is 0 Å². The lowest BCUT2D eigenvalue weighted by Gasteiger charge is -2.21. The summed E-state index contributed by atoms with van der Waals surface area (Å²) in [5.41, 5.74) is 7.83. The smallest absolute Gasteiger partial charge is 0.0459 e. The molecule has 0 fully saturated rings. The second-order valence-corrected chi connectivity index (χ2v) is 3.89. The molecule has 0 radical (unpaired) electrons. The largest absolute Gasteiger partial charge is 0.372 e. The minimum atomic E-state index is 0.643. The van der Waals surface area contributed by atoms with Crippen LogP contribution in [0.5, 0.6) is 0 Å². The van der Waals surface area contributed by atoms with Crippen LogP contribution in [0.1, 0.15) is 19.4 Å². The molecule has 0 saturated heterocycles. The van der Waals surface area contributed by atoms with E-state index in [1.165, 1.54) is 5.69 Å². The highest BCUT2D eigenvalue weighted by molar-refractivity contribution is 6.31. The van der Waals surface area contributed by atoms with Crippen LogP contribution in [0.4, 0.5) is 5.69 Å². The van der Waals surface area contributed by atoms with E-state index in [1.54, 1.807) is 0 Å². The van der Waals surface area contributed by atoms with E-state index in [0.29, 0.717) is 6.54 Å². The summed E-state index contributed by atoms with van der Waals surface area (Å²) in [7, 11) is 0. The van der Waals surface area contributed by atoms with Crippen molar-refractivity contribution in [1.82, 2.24) is 0 Å². The van der Waals surface area contributed by atoms with Gasteiger partial charge in [-0.3, -0.25) is 0 Å². The van der Waals surface area contributed by atoms with Crippen LogP contribution in [-0.4, -0.2) is 19.6 Å². The summed E-state index contributed by atoms with van der Waals surface area (Å²) in [4.78, 5) is 2.28. The minimum Gasteiger partial charge on any atom is -0.372 e. The van der Waals surface area contributed by atoms with Crippen molar-refractivity contribution in [3.63, 3.8) is 0 Å². The number of hydrogen-bond acceptors (Lipinski definition) is 2. The molecule has 1 aromatic rings. The van der Waals surface area contributed by atoms with Gasteiger partial charge in [-0.15, -0.1) is 0 Å². The molecule has 0 aliphatic rings. The normalized spacial score (nSPS) is 10.4. The second-order valence-electron chi connectivity index (χ2n) is 3.49. The molecule has 0 bridgehead atoms. The van der Waals surface area contributed by atoms with Gasteiger partial charge in [0.2, 0.25) is 0 Å². The van der Waals surface area contributed by atoms with E-state index >= 15 is 0 Å². The maximum Gasteiger partial charge on any atom is 0.0459 e. The van der Waals surface area contributed by atoms with Crippen LogP contribution in [0.15, 0.2) is 18.2 Å². The zero-order valence-corrected chi connectivity index (χ0v) is 10.2. The van der Waals surface area contributed by atoms with Gasteiger partial charge in [0.1, 0.15) is 0 Å². The molecule has 0 unspecified atom stereocenters. The minimum absolute atomic E-state index is 0.643. The molecule has 0 atom stereocenters. The van der Waals surface area contributed by atoms with Gasteiger partial charge >= 0.3 is 0 Å². The van der Waals surface area contributed by atoms with Crippen LogP contribution < -0.4 is 10.6 Å². The van der Waals surface area contributed by atoms with Crippen LogP contribution >= 0.6 is 11.6 Å². The van der Waals surface area contributed by atoms with Crippen molar-refractivity contribution in [3.8, 4) is 0 Å². The van der Waals surface area contributed by atoms with Crippen LogP contribution in [0, 0.1) is 0 Å². The zero-order valence-electron chi connectivity index (χ0n) is 9.46. The maximum atomic E-state index is 6.18. The summed E-state index contributed by atoms with van der Waals surface area (Å²) in [5.74, 6) is 0. The first-order valence-corrected chi connectivity index (χ1v) is 5.84. The van der Waals surface area contributed by atoms with Gasteiger partial charge in [-0.2, -0.15) is 0 Å². The van der Waals surface area contributed by atoms with Gasteiger partial charge in [-0.05, 0) is 44.5 Å². The first-order chi connectivity index (χ1) is 7.22. The average Bonchev–Trinajstić information content (AvgIpc) is 2.24. The fourth-order valence-corrected chi connectivity index (χ4v) is 1.95. The summed E-state index contributed by atoms with van der Waals surface area (Å²) in [6.07, 6.45) is 0.845. The van der Waals surface area contributed by atoms with Crippen LogP contribution in [0.3, 0.4) is 0 Å². The number of halogens is 1. The lowest BCUT2D eigenvalue weighted by atomic mass is 10.1. The molecule has 3 heteroatoms. The third kappa shape index (κ3) is 3.11. The Balaban J connectivity index is 2.89. The Labute approximate surface area is 97.0 Å². The van der Waals surface area contributed by atoms with Gasteiger partial charge in [0.15, 0.2) is 0 Å². The molecular formula is C12H19ClN2. The first-order valence-electron chi connectivity index (χ1n) is 5.46. The predicted molar refractivity (Wildman–Crippen MR) is 67.8 cm³/mol. The van der Waals surface area contributed by atoms with Crippen molar-refractivity contribution < 1.29 is 0 Å². The molecular weight excluding hydrogens is 208 g/mol. The van der Waals surface area contributed by atoms with Gasteiger partial charge < -0.3 is 10.6 Å². The Morgan fingerprint density at radius 3 is 2.40 bits per heavy atom. The van der Waals surface area contributed by atoms with Gasteiger partial charge in [-0.1, -0.05) is 17.7 Å². The number of hydrogen-bond donors (Lipinski definition) is 1. The quantitative estimate of drug-likeness (QED) is 0.837. The number of anilines is 1. The number of nitrogens with two attached hydrogens (primary N) is 1.